The van der Waals surface area contributed by atoms with Crippen LogP contribution in [0.3, 0.4) is 0 Å². The Hall–Kier alpha value is -1.34. The average Bonchev–Trinajstić information content (AvgIpc) is 2.69. The maximum Gasteiger partial charge on any atom is 0.227 e. The summed E-state index contributed by atoms with van der Waals surface area (Å²) < 4.78 is 0. The summed E-state index contributed by atoms with van der Waals surface area (Å²) in [5.41, 5.74) is 0. The minimum Gasteiger partial charge on any atom is -0.342 e. The van der Waals surface area contributed by atoms with E-state index in [9.17, 15) is 4.79 Å². The SMILES string of the molecule is CC(CC#N)N(C)C(=O)Cc1cccs1. The van der Waals surface area contributed by atoms with Gasteiger partial charge in [0.25, 0.3) is 0 Å². The van der Waals surface area contributed by atoms with Crippen LogP contribution in [0.5, 0.6) is 0 Å². The summed E-state index contributed by atoms with van der Waals surface area (Å²) in [5, 5.41) is 10.5. The van der Waals surface area contributed by atoms with Gasteiger partial charge in [0.05, 0.1) is 18.9 Å². The molecule has 0 spiro atoms. The first-order valence-corrected chi connectivity index (χ1v) is 5.68. The Morgan fingerprint density at radius 3 is 3.00 bits per heavy atom. The van der Waals surface area contributed by atoms with Gasteiger partial charge in [-0.1, -0.05) is 6.07 Å². The summed E-state index contributed by atoms with van der Waals surface area (Å²) >= 11 is 1.58. The van der Waals surface area contributed by atoms with E-state index in [1.165, 1.54) is 0 Å². The summed E-state index contributed by atoms with van der Waals surface area (Å²) in [6.45, 7) is 1.88. The molecular formula is C11H14N2OS. The quantitative estimate of drug-likeness (QED) is 0.782. The van der Waals surface area contributed by atoms with E-state index in [1.54, 1.807) is 23.3 Å². The van der Waals surface area contributed by atoms with Crippen molar-refractivity contribution in [1.82, 2.24) is 4.90 Å². The normalized spacial score (nSPS) is 11.8. The van der Waals surface area contributed by atoms with Crippen LogP contribution in [0, 0.1) is 11.3 Å². The van der Waals surface area contributed by atoms with Crippen LogP contribution in [0.1, 0.15) is 18.2 Å². The largest absolute Gasteiger partial charge is 0.342 e. The van der Waals surface area contributed by atoms with Gasteiger partial charge in [-0.15, -0.1) is 11.3 Å². The highest BCUT2D eigenvalue weighted by atomic mass is 32.1. The van der Waals surface area contributed by atoms with Crippen molar-refractivity contribution < 1.29 is 4.79 Å². The summed E-state index contributed by atoms with van der Waals surface area (Å²) in [6.07, 6.45) is 0.816. The zero-order valence-electron chi connectivity index (χ0n) is 8.93. The Morgan fingerprint density at radius 2 is 2.47 bits per heavy atom. The van der Waals surface area contributed by atoms with Gasteiger partial charge in [-0.2, -0.15) is 5.26 Å². The molecule has 1 heterocycles. The summed E-state index contributed by atoms with van der Waals surface area (Å²) in [4.78, 5) is 14.5. The number of hydrogen-bond acceptors (Lipinski definition) is 3. The molecule has 0 aliphatic heterocycles. The van der Waals surface area contributed by atoms with Crippen LogP contribution in [-0.2, 0) is 11.2 Å². The lowest BCUT2D eigenvalue weighted by molar-refractivity contribution is -0.130. The second-order valence-electron chi connectivity index (χ2n) is 3.47. The molecule has 0 N–H and O–H groups in total. The van der Waals surface area contributed by atoms with Gasteiger partial charge < -0.3 is 4.90 Å². The maximum atomic E-state index is 11.7. The number of nitriles is 1. The molecule has 1 unspecified atom stereocenters. The monoisotopic (exact) mass is 222 g/mol. The van der Waals surface area contributed by atoms with Crippen molar-refractivity contribution in [2.75, 3.05) is 7.05 Å². The fourth-order valence-electron chi connectivity index (χ4n) is 1.20. The molecule has 4 heteroatoms. The number of nitrogens with zero attached hydrogens (tertiary/aromatic N) is 2. The molecule has 0 aliphatic carbocycles. The van der Waals surface area contributed by atoms with E-state index in [0.717, 1.165) is 4.88 Å². The number of carbonyl (C=O) groups is 1. The summed E-state index contributed by atoms with van der Waals surface area (Å²) in [5.74, 6) is 0.0696. The van der Waals surface area contributed by atoms with Crippen molar-refractivity contribution >= 4 is 17.2 Å². The molecule has 15 heavy (non-hydrogen) atoms. The van der Waals surface area contributed by atoms with E-state index < -0.39 is 0 Å². The van der Waals surface area contributed by atoms with Crippen LogP contribution >= 0.6 is 11.3 Å². The first-order chi connectivity index (χ1) is 7.15. The number of amides is 1. The third kappa shape index (κ3) is 3.37. The van der Waals surface area contributed by atoms with Crippen molar-refractivity contribution in [3.63, 3.8) is 0 Å². The standard InChI is InChI=1S/C11H14N2OS/c1-9(5-6-12)13(2)11(14)8-10-4-3-7-15-10/h3-4,7,9H,5,8H2,1-2H3. The molecule has 1 aromatic rings. The molecule has 0 saturated heterocycles. The molecular weight excluding hydrogens is 208 g/mol. The van der Waals surface area contributed by atoms with Crippen LogP contribution in [0.25, 0.3) is 0 Å². The van der Waals surface area contributed by atoms with Crippen LogP contribution < -0.4 is 0 Å². The number of hydrogen-bond donors (Lipinski definition) is 0. The average molecular weight is 222 g/mol. The molecule has 1 atom stereocenters. The van der Waals surface area contributed by atoms with Gasteiger partial charge >= 0.3 is 0 Å². The van der Waals surface area contributed by atoms with Gasteiger partial charge in [0.15, 0.2) is 0 Å². The highest BCUT2D eigenvalue weighted by molar-refractivity contribution is 7.10. The zero-order chi connectivity index (χ0) is 11.3. The lowest BCUT2D eigenvalue weighted by Crippen LogP contribution is -2.35. The van der Waals surface area contributed by atoms with Gasteiger partial charge in [-0.25, -0.2) is 0 Å². The summed E-state index contributed by atoms with van der Waals surface area (Å²) in [6, 6.07) is 5.95. The minimum atomic E-state index is -0.0116. The predicted octanol–water partition coefficient (Wildman–Crippen LogP) is 2.05. The third-order valence-corrected chi connectivity index (χ3v) is 3.22. The highest BCUT2D eigenvalue weighted by Crippen LogP contribution is 2.11. The number of carbonyl (C=O) groups excluding carboxylic acids is 1. The van der Waals surface area contributed by atoms with Crippen LogP contribution in [0.15, 0.2) is 17.5 Å². The molecule has 0 fully saturated rings. The van der Waals surface area contributed by atoms with Crippen LogP contribution in [0.4, 0.5) is 0 Å². The van der Waals surface area contributed by atoms with Crippen molar-refractivity contribution in [3.05, 3.63) is 22.4 Å². The lowest BCUT2D eigenvalue weighted by Gasteiger charge is -2.22. The van der Waals surface area contributed by atoms with Crippen molar-refractivity contribution in [2.24, 2.45) is 0 Å². The first kappa shape index (κ1) is 11.7. The van der Waals surface area contributed by atoms with E-state index in [-0.39, 0.29) is 11.9 Å². The van der Waals surface area contributed by atoms with Gasteiger partial charge in [0, 0.05) is 18.0 Å². The molecule has 0 radical (unpaired) electrons. The molecule has 0 aliphatic rings. The smallest absolute Gasteiger partial charge is 0.227 e. The molecule has 1 amide bonds. The fourth-order valence-corrected chi connectivity index (χ4v) is 1.90. The molecule has 0 aromatic carbocycles. The molecule has 0 saturated carbocycles. The van der Waals surface area contributed by atoms with Gasteiger partial charge in [0.1, 0.15) is 0 Å². The van der Waals surface area contributed by atoms with Crippen molar-refractivity contribution in [1.29, 1.82) is 5.26 Å². The van der Waals surface area contributed by atoms with Gasteiger partial charge in [-0.05, 0) is 18.4 Å². The summed E-state index contributed by atoms with van der Waals surface area (Å²) in [7, 11) is 1.75. The molecule has 3 nitrogen and oxygen atoms in total. The van der Waals surface area contributed by atoms with E-state index >= 15 is 0 Å². The minimum absolute atomic E-state index is 0.0116. The maximum absolute atomic E-state index is 11.7. The second kappa shape index (κ2) is 5.52. The van der Waals surface area contributed by atoms with Crippen molar-refractivity contribution in [3.8, 4) is 6.07 Å². The topological polar surface area (TPSA) is 44.1 Å². The first-order valence-electron chi connectivity index (χ1n) is 4.80. The number of rotatable bonds is 4. The molecule has 1 aromatic heterocycles. The lowest BCUT2D eigenvalue weighted by atomic mass is 10.2. The Bertz CT molecular complexity index is 353. The number of thiophene rings is 1. The predicted molar refractivity (Wildman–Crippen MR) is 60.5 cm³/mol. The van der Waals surface area contributed by atoms with Crippen LogP contribution in [0.2, 0.25) is 0 Å². The number of likely N-dealkylation sites (N-methyl/N-ethyl adjacent to an activating group) is 1. The van der Waals surface area contributed by atoms with Gasteiger partial charge in [-0.3, -0.25) is 4.79 Å². The van der Waals surface area contributed by atoms with E-state index in [2.05, 4.69) is 6.07 Å². The van der Waals surface area contributed by atoms with Crippen molar-refractivity contribution in [2.45, 2.75) is 25.8 Å². The Morgan fingerprint density at radius 1 is 1.73 bits per heavy atom. The van der Waals surface area contributed by atoms with E-state index in [4.69, 9.17) is 5.26 Å². The second-order valence-corrected chi connectivity index (χ2v) is 4.50. The molecule has 0 bridgehead atoms. The Kier molecular flexibility index (Phi) is 4.32. The van der Waals surface area contributed by atoms with Crippen LogP contribution in [-0.4, -0.2) is 23.9 Å². The molecule has 80 valence electrons. The third-order valence-electron chi connectivity index (χ3n) is 2.35. The fraction of sp³-hybridized carbons (Fsp3) is 0.455. The Balaban J connectivity index is 2.50. The zero-order valence-corrected chi connectivity index (χ0v) is 9.75. The van der Waals surface area contributed by atoms with E-state index in [0.29, 0.717) is 12.8 Å². The van der Waals surface area contributed by atoms with E-state index in [1.807, 2.05) is 24.4 Å². The Labute approximate surface area is 93.9 Å². The highest BCUT2D eigenvalue weighted by Gasteiger charge is 2.15. The van der Waals surface area contributed by atoms with Gasteiger partial charge in [0.2, 0.25) is 5.91 Å². The molecule has 1 rings (SSSR count).